The first-order valence-corrected chi connectivity index (χ1v) is 4.96. The van der Waals surface area contributed by atoms with Crippen LogP contribution in [0, 0.1) is 6.92 Å². The van der Waals surface area contributed by atoms with E-state index in [-0.39, 0.29) is 0 Å². The SMILES string of the molecule is CCC.Cc1nncc2ccccc12. The maximum Gasteiger partial charge on any atom is 0.0678 e. The molecular weight excluding hydrogens is 172 g/mol. The minimum Gasteiger partial charge on any atom is -0.158 e. The molecule has 0 unspecified atom stereocenters. The summed E-state index contributed by atoms with van der Waals surface area (Å²) in [5, 5.41) is 10.2. The Kier molecular flexibility index (Phi) is 4.05. The topological polar surface area (TPSA) is 25.8 Å². The molecular formula is C12H16N2. The molecule has 2 nitrogen and oxygen atoms in total. The number of hydrogen-bond donors (Lipinski definition) is 0. The minimum atomic E-state index is 0.989. The average molecular weight is 188 g/mol. The Balaban J connectivity index is 0.000000293. The fourth-order valence-corrected chi connectivity index (χ4v) is 1.17. The predicted octanol–water partition coefficient (Wildman–Crippen LogP) is 3.35. The second kappa shape index (κ2) is 5.32. The van der Waals surface area contributed by atoms with E-state index in [0.717, 1.165) is 11.1 Å². The van der Waals surface area contributed by atoms with Gasteiger partial charge in [-0.3, -0.25) is 0 Å². The number of hydrogen-bond acceptors (Lipinski definition) is 2. The van der Waals surface area contributed by atoms with Crippen molar-refractivity contribution >= 4 is 10.8 Å². The summed E-state index contributed by atoms with van der Waals surface area (Å²) in [7, 11) is 0. The van der Waals surface area contributed by atoms with Gasteiger partial charge in [0.15, 0.2) is 0 Å². The summed E-state index contributed by atoms with van der Waals surface area (Å²) in [5.74, 6) is 0. The fourth-order valence-electron chi connectivity index (χ4n) is 1.17. The largest absolute Gasteiger partial charge is 0.158 e. The molecule has 2 heteroatoms. The molecule has 0 saturated carbocycles. The van der Waals surface area contributed by atoms with E-state index >= 15 is 0 Å². The second-order valence-corrected chi connectivity index (χ2v) is 3.22. The van der Waals surface area contributed by atoms with E-state index in [4.69, 9.17) is 0 Å². The molecule has 74 valence electrons. The van der Waals surface area contributed by atoms with Gasteiger partial charge < -0.3 is 0 Å². The molecule has 0 atom stereocenters. The van der Waals surface area contributed by atoms with Crippen LogP contribution in [0.1, 0.15) is 26.0 Å². The summed E-state index contributed by atoms with van der Waals surface area (Å²) in [5.41, 5.74) is 0.989. The zero-order chi connectivity index (χ0) is 10.4. The summed E-state index contributed by atoms with van der Waals surface area (Å²) in [4.78, 5) is 0. The molecule has 0 N–H and O–H groups in total. The Morgan fingerprint density at radius 1 is 1.14 bits per heavy atom. The van der Waals surface area contributed by atoms with Gasteiger partial charge in [0.2, 0.25) is 0 Å². The van der Waals surface area contributed by atoms with Gasteiger partial charge in [-0.2, -0.15) is 10.2 Å². The van der Waals surface area contributed by atoms with Gasteiger partial charge in [-0.25, -0.2) is 0 Å². The smallest absolute Gasteiger partial charge is 0.0678 e. The number of fused-ring (bicyclic) bond motifs is 1. The highest BCUT2D eigenvalue weighted by molar-refractivity contribution is 5.83. The lowest BCUT2D eigenvalue weighted by Crippen LogP contribution is -1.86. The lowest BCUT2D eigenvalue weighted by molar-refractivity contribution is 1.00. The quantitative estimate of drug-likeness (QED) is 0.633. The van der Waals surface area contributed by atoms with Crippen molar-refractivity contribution in [3.05, 3.63) is 36.2 Å². The normalized spacial score (nSPS) is 9.36. The van der Waals surface area contributed by atoms with E-state index in [9.17, 15) is 0 Å². The van der Waals surface area contributed by atoms with E-state index in [1.807, 2.05) is 25.1 Å². The monoisotopic (exact) mass is 188 g/mol. The van der Waals surface area contributed by atoms with Crippen molar-refractivity contribution < 1.29 is 0 Å². The van der Waals surface area contributed by atoms with Gasteiger partial charge in [0.25, 0.3) is 0 Å². The molecule has 1 aromatic heterocycles. The van der Waals surface area contributed by atoms with Crippen molar-refractivity contribution in [1.29, 1.82) is 0 Å². The van der Waals surface area contributed by atoms with Crippen LogP contribution in [-0.4, -0.2) is 10.2 Å². The summed E-state index contributed by atoms with van der Waals surface area (Å²) in [6, 6.07) is 8.11. The number of benzene rings is 1. The minimum absolute atomic E-state index is 0.989. The average Bonchev–Trinajstić information content (AvgIpc) is 2.20. The van der Waals surface area contributed by atoms with E-state index < -0.39 is 0 Å². The molecule has 0 bridgehead atoms. The van der Waals surface area contributed by atoms with Crippen LogP contribution in [0.5, 0.6) is 0 Å². The first-order valence-electron chi connectivity index (χ1n) is 4.96. The highest BCUT2D eigenvalue weighted by atomic mass is 15.1. The molecule has 0 aliphatic carbocycles. The van der Waals surface area contributed by atoms with E-state index in [1.165, 1.54) is 11.8 Å². The third-order valence-electron chi connectivity index (χ3n) is 1.76. The molecule has 0 aliphatic rings. The molecule has 2 rings (SSSR count). The van der Waals surface area contributed by atoms with Crippen LogP contribution < -0.4 is 0 Å². The summed E-state index contributed by atoms with van der Waals surface area (Å²) >= 11 is 0. The van der Waals surface area contributed by atoms with Crippen molar-refractivity contribution in [1.82, 2.24) is 10.2 Å². The molecule has 0 radical (unpaired) electrons. The zero-order valence-electron chi connectivity index (χ0n) is 8.99. The third kappa shape index (κ3) is 2.52. The van der Waals surface area contributed by atoms with Crippen LogP contribution in [0.4, 0.5) is 0 Å². The molecule has 2 aromatic rings. The third-order valence-corrected chi connectivity index (χ3v) is 1.76. The van der Waals surface area contributed by atoms with Crippen LogP contribution in [0.15, 0.2) is 30.5 Å². The van der Waals surface area contributed by atoms with Gasteiger partial charge >= 0.3 is 0 Å². The Morgan fingerprint density at radius 3 is 2.43 bits per heavy atom. The number of nitrogens with zero attached hydrogens (tertiary/aromatic N) is 2. The summed E-state index contributed by atoms with van der Waals surface area (Å²) in [6.07, 6.45) is 3.03. The Morgan fingerprint density at radius 2 is 1.79 bits per heavy atom. The molecule has 1 heterocycles. The second-order valence-electron chi connectivity index (χ2n) is 3.22. The maximum atomic E-state index is 3.96. The van der Waals surface area contributed by atoms with Gasteiger partial charge in [-0.1, -0.05) is 44.5 Å². The van der Waals surface area contributed by atoms with E-state index in [2.05, 4.69) is 30.1 Å². The first-order chi connectivity index (χ1) is 6.79. The molecule has 0 amide bonds. The zero-order valence-corrected chi connectivity index (χ0v) is 8.99. The van der Waals surface area contributed by atoms with Crippen molar-refractivity contribution in [3.8, 4) is 0 Å². The van der Waals surface area contributed by atoms with Gasteiger partial charge in [0.1, 0.15) is 0 Å². The van der Waals surface area contributed by atoms with Crippen LogP contribution in [0.2, 0.25) is 0 Å². The van der Waals surface area contributed by atoms with Crippen molar-refractivity contribution in [3.63, 3.8) is 0 Å². The van der Waals surface area contributed by atoms with Crippen LogP contribution in [-0.2, 0) is 0 Å². The maximum absolute atomic E-state index is 3.96. The fraction of sp³-hybridized carbons (Fsp3) is 0.333. The molecule has 1 aromatic carbocycles. The predicted molar refractivity (Wildman–Crippen MR) is 60.2 cm³/mol. The highest BCUT2D eigenvalue weighted by Crippen LogP contribution is 2.13. The number of aromatic nitrogens is 2. The van der Waals surface area contributed by atoms with Gasteiger partial charge in [0, 0.05) is 10.8 Å². The Bertz CT molecular complexity index is 391. The first kappa shape index (κ1) is 10.6. The standard InChI is InChI=1S/C9H8N2.C3H8/c1-7-9-5-3-2-4-8(9)6-10-11-7;1-3-2/h2-6H,1H3;3H2,1-2H3. The lowest BCUT2D eigenvalue weighted by Gasteiger charge is -1.96. The summed E-state index contributed by atoms with van der Waals surface area (Å²) in [6.45, 7) is 6.22. The molecule has 0 saturated heterocycles. The Labute approximate surface area is 85.0 Å². The van der Waals surface area contributed by atoms with Crippen LogP contribution >= 0.6 is 0 Å². The van der Waals surface area contributed by atoms with Gasteiger partial charge in [-0.05, 0) is 6.92 Å². The lowest BCUT2D eigenvalue weighted by atomic mass is 10.1. The van der Waals surface area contributed by atoms with E-state index in [1.54, 1.807) is 6.20 Å². The van der Waals surface area contributed by atoms with Crippen molar-refractivity contribution in [2.24, 2.45) is 0 Å². The van der Waals surface area contributed by atoms with Crippen molar-refractivity contribution in [2.45, 2.75) is 27.2 Å². The van der Waals surface area contributed by atoms with Crippen LogP contribution in [0.3, 0.4) is 0 Å². The Hall–Kier alpha value is -1.44. The van der Waals surface area contributed by atoms with Gasteiger partial charge in [-0.15, -0.1) is 0 Å². The van der Waals surface area contributed by atoms with Crippen LogP contribution in [0.25, 0.3) is 10.8 Å². The molecule has 14 heavy (non-hydrogen) atoms. The highest BCUT2D eigenvalue weighted by Gasteiger charge is 1.94. The van der Waals surface area contributed by atoms with Crippen molar-refractivity contribution in [2.75, 3.05) is 0 Å². The molecule has 0 spiro atoms. The number of rotatable bonds is 0. The van der Waals surface area contributed by atoms with E-state index in [0.29, 0.717) is 0 Å². The number of aryl methyl sites for hydroxylation is 1. The summed E-state index contributed by atoms with van der Waals surface area (Å²) < 4.78 is 0. The van der Waals surface area contributed by atoms with Gasteiger partial charge in [0.05, 0.1) is 11.9 Å². The molecule has 0 fully saturated rings. The molecule has 0 aliphatic heterocycles.